The molecular formula is C16H12FNO2S. The summed E-state index contributed by atoms with van der Waals surface area (Å²) in [6.07, 6.45) is 0. The summed E-state index contributed by atoms with van der Waals surface area (Å²) in [7, 11) is 0. The number of aromatic hydroxyl groups is 1. The van der Waals surface area contributed by atoms with Crippen LogP contribution < -0.4 is 0 Å². The fourth-order valence-electron chi connectivity index (χ4n) is 2.08. The van der Waals surface area contributed by atoms with Gasteiger partial charge < -0.3 is 10.1 Å². The zero-order valence-corrected chi connectivity index (χ0v) is 11.8. The molecule has 2 N–H and O–H groups in total. The van der Waals surface area contributed by atoms with Crippen molar-refractivity contribution in [1.82, 2.24) is 4.98 Å². The smallest absolute Gasteiger partial charge is 0.176 e. The molecule has 0 aliphatic carbocycles. The molecule has 106 valence electrons. The lowest BCUT2D eigenvalue weighted by atomic mass is 10.1. The van der Waals surface area contributed by atoms with Gasteiger partial charge in [0.1, 0.15) is 11.6 Å². The average Bonchev–Trinajstić information content (AvgIpc) is 2.90. The van der Waals surface area contributed by atoms with E-state index >= 15 is 0 Å². The van der Waals surface area contributed by atoms with Gasteiger partial charge in [0.05, 0.1) is 16.3 Å². The summed E-state index contributed by atoms with van der Waals surface area (Å²) < 4.78 is 13.1. The molecule has 21 heavy (non-hydrogen) atoms. The Hall–Kier alpha value is -2.27. The maximum atomic E-state index is 13.1. The molecule has 0 saturated heterocycles. The second kappa shape index (κ2) is 5.61. The van der Waals surface area contributed by atoms with E-state index in [-0.39, 0.29) is 22.8 Å². The minimum Gasteiger partial charge on any atom is -0.507 e. The number of thioether (sulfide) groups is 1. The Balaban J connectivity index is 1.74. The second-order valence-corrected chi connectivity index (χ2v) is 5.61. The Bertz CT molecular complexity index is 780. The Kier molecular flexibility index (Phi) is 3.66. The quantitative estimate of drug-likeness (QED) is 0.566. The number of carbonyl (C=O) groups is 1. The molecule has 5 heteroatoms. The largest absolute Gasteiger partial charge is 0.507 e. The van der Waals surface area contributed by atoms with Gasteiger partial charge in [-0.05, 0) is 30.3 Å². The summed E-state index contributed by atoms with van der Waals surface area (Å²) in [6.45, 7) is 0. The second-order valence-electron chi connectivity index (χ2n) is 4.59. The number of aromatic amines is 1. The fraction of sp³-hybridized carbons (Fsp3) is 0.0625. The number of ketones is 1. The van der Waals surface area contributed by atoms with Crippen LogP contribution in [0, 0.1) is 5.82 Å². The Morgan fingerprint density at radius 1 is 1.19 bits per heavy atom. The van der Waals surface area contributed by atoms with Crippen LogP contribution in [0.1, 0.15) is 10.4 Å². The number of halogens is 1. The lowest BCUT2D eigenvalue weighted by Crippen LogP contribution is -2.03. The van der Waals surface area contributed by atoms with Crippen molar-refractivity contribution in [3.63, 3.8) is 0 Å². The number of aromatic nitrogens is 1. The van der Waals surface area contributed by atoms with E-state index in [0.29, 0.717) is 0 Å². The fourth-order valence-corrected chi connectivity index (χ4v) is 2.91. The van der Waals surface area contributed by atoms with Gasteiger partial charge >= 0.3 is 0 Å². The minimum absolute atomic E-state index is 0.0126. The van der Waals surface area contributed by atoms with Gasteiger partial charge in [-0.25, -0.2) is 4.39 Å². The van der Waals surface area contributed by atoms with E-state index in [1.807, 2.05) is 30.3 Å². The van der Waals surface area contributed by atoms with Crippen LogP contribution in [-0.2, 0) is 0 Å². The molecule has 0 fully saturated rings. The Labute approximate surface area is 124 Å². The SMILES string of the molecule is O=C(CSc1cc2ccccc2[nH]1)c1cc(F)ccc1O. The highest BCUT2D eigenvalue weighted by Crippen LogP contribution is 2.25. The molecule has 0 radical (unpaired) electrons. The van der Waals surface area contributed by atoms with Crippen molar-refractivity contribution >= 4 is 28.4 Å². The predicted molar refractivity (Wildman–Crippen MR) is 81.4 cm³/mol. The highest BCUT2D eigenvalue weighted by atomic mass is 32.2. The summed E-state index contributed by atoms with van der Waals surface area (Å²) in [5.41, 5.74) is 1.01. The molecule has 3 rings (SSSR count). The number of phenolic OH excluding ortho intramolecular Hbond substituents is 1. The molecule has 0 amide bonds. The summed E-state index contributed by atoms with van der Waals surface area (Å²) in [4.78, 5) is 15.2. The highest BCUT2D eigenvalue weighted by molar-refractivity contribution is 8.00. The molecule has 0 bridgehead atoms. The van der Waals surface area contributed by atoms with Crippen molar-refractivity contribution in [3.05, 3.63) is 59.9 Å². The van der Waals surface area contributed by atoms with Crippen LogP contribution in [0.4, 0.5) is 4.39 Å². The highest BCUT2D eigenvalue weighted by Gasteiger charge is 2.13. The van der Waals surface area contributed by atoms with Crippen molar-refractivity contribution in [1.29, 1.82) is 0 Å². The van der Waals surface area contributed by atoms with Crippen molar-refractivity contribution in [2.75, 3.05) is 5.75 Å². The van der Waals surface area contributed by atoms with Gasteiger partial charge in [0.15, 0.2) is 5.78 Å². The van der Waals surface area contributed by atoms with Gasteiger partial charge in [0, 0.05) is 10.9 Å². The molecule has 0 aliphatic rings. The first-order chi connectivity index (χ1) is 10.1. The molecule has 0 saturated carbocycles. The zero-order valence-electron chi connectivity index (χ0n) is 11.0. The van der Waals surface area contributed by atoms with Crippen molar-refractivity contribution in [2.24, 2.45) is 0 Å². The zero-order chi connectivity index (χ0) is 14.8. The number of H-pyrrole nitrogens is 1. The molecule has 0 atom stereocenters. The van der Waals surface area contributed by atoms with E-state index in [0.717, 1.165) is 28.1 Å². The van der Waals surface area contributed by atoms with Gasteiger partial charge in [-0.2, -0.15) is 0 Å². The molecular weight excluding hydrogens is 289 g/mol. The first kappa shape index (κ1) is 13.7. The molecule has 0 spiro atoms. The van der Waals surface area contributed by atoms with Crippen LogP contribution in [-0.4, -0.2) is 21.6 Å². The number of carbonyl (C=O) groups excluding carboxylic acids is 1. The predicted octanol–water partition coefficient (Wildman–Crippen LogP) is 3.99. The van der Waals surface area contributed by atoms with Gasteiger partial charge in [-0.15, -0.1) is 11.8 Å². The molecule has 0 unspecified atom stereocenters. The maximum Gasteiger partial charge on any atom is 0.176 e. The van der Waals surface area contributed by atoms with Gasteiger partial charge in [-0.3, -0.25) is 4.79 Å². The molecule has 0 aliphatic heterocycles. The van der Waals surface area contributed by atoms with Crippen LogP contribution in [0.5, 0.6) is 5.75 Å². The Morgan fingerprint density at radius 2 is 2.00 bits per heavy atom. The molecule has 1 aromatic heterocycles. The van der Waals surface area contributed by atoms with E-state index in [1.165, 1.54) is 17.8 Å². The third kappa shape index (κ3) is 2.92. The molecule has 1 heterocycles. The first-order valence-corrected chi connectivity index (χ1v) is 7.34. The number of hydrogen-bond acceptors (Lipinski definition) is 3. The van der Waals surface area contributed by atoms with Crippen molar-refractivity contribution in [2.45, 2.75) is 5.03 Å². The van der Waals surface area contributed by atoms with Crippen LogP contribution in [0.25, 0.3) is 10.9 Å². The lowest BCUT2D eigenvalue weighted by Gasteiger charge is -2.03. The number of para-hydroxylation sites is 1. The van der Waals surface area contributed by atoms with Crippen LogP contribution in [0.3, 0.4) is 0 Å². The Morgan fingerprint density at radius 3 is 2.81 bits per heavy atom. The summed E-state index contributed by atoms with van der Waals surface area (Å²) >= 11 is 1.33. The third-order valence-corrected chi connectivity index (χ3v) is 4.06. The monoisotopic (exact) mass is 301 g/mol. The number of fused-ring (bicyclic) bond motifs is 1. The van der Waals surface area contributed by atoms with Crippen LogP contribution >= 0.6 is 11.8 Å². The third-order valence-electron chi connectivity index (χ3n) is 3.12. The number of nitrogens with one attached hydrogen (secondary N) is 1. The van der Waals surface area contributed by atoms with E-state index < -0.39 is 5.82 Å². The average molecular weight is 301 g/mol. The number of Topliss-reactive ketones (excluding diaryl/α,β-unsaturated/α-hetero) is 1. The van der Waals surface area contributed by atoms with Gasteiger partial charge in [0.2, 0.25) is 0 Å². The normalized spacial score (nSPS) is 10.9. The van der Waals surface area contributed by atoms with Crippen LogP contribution in [0.2, 0.25) is 0 Å². The lowest BCUT2D eigenvalue weighted by molar-refractivity contribution is 0.101. The van der Waals surface area contributed by atoms with Gasteiger partial charge in [0.25, 0.3) is 0 Å². The minimum atomic E-state index is -0.535. The standard InChI is InChI=1S/C16H12FNO2S/c17-11-5-6-14(19)12(8-11)15(20)9-21-16-7-10-3-1-2-4-13(10)18-16/h1-8,18-19H,9H2. The summed E-state index contributed by atoms with van der Waals surface area (Å²) in [5, 5.41) is 11.5. The number of rotatable bonds is 4. The van der Waals surface area contributed by atoms with Gasteiger partial charge in [-0.1, -0.05) is 18.2 Å². The van der Waals surface area contributed by atoms with Crippen molar-refractivity contribution in [3.8, 4) is 5.75 Å². The molecule has 2 aromatic carbocycles. The summed E-state index contributed by atoms with van der Waals surface area (Å²) in [5.74, 6) is -0.912. The van der Waals surface area contributed by atoms with E-state index in [1.54, 1.807) is 0 Å². The number of hydrogen-bond donors (Lipinski definition) is 2. The number of benzene rings is 2. The number of phenols is 1. The maximum absolute atomic E-state index is 13.1. The van der Waals surface area contributed by atoms with E-state index in [9.17, 15) is 14.3 Å². The summed E-state index contributed by atoms with van der Waals surface area (Å²) in [6, 6.07) is 13.1. The first-order valence-electron chi connectivity index (χ1n) is 6.36. The van der Waals surface area contributed by atoms with Crippen molar-refractivity contribution < 1.29 is 14.3 Å². The van der Waals surface area contributed by atoms with E-state index in [4.69, 9.17) is 0 Å². The molecule has 3 aromatic rings. The van der Waals surface area contributed by atoms with E-state index in [2.05, 4.69) is 4.98 Å². The molecule has 3 nitrogen and oxygen atoms in total. The topological polar surface area (TPSA) is 53.1 Å². The van der Waals surface area contributed by atoms with Crippen LogP contribution in [0.15, 0.2) is 53.6 Å².